The average Bonchev–Trinajstić information content (AvgIpc) is 2.28. The number of rotatable bonds is 3. The molecule has 0 saturated carbocycles. The number of pyridine rings is 1. The summed E-state index contributed by atoms with van der Waals surface area (Å²) in [7, 11) is 0. The Balaban J connectivity index is 2.39. The van der Waals surface area contributed by atoms with Crippen molar-refractivity contribution in [3.05, 3.63) is 56.7 Å². The number of hydrogen-bond donors (Lipinski definition) is 0. The molecule has 18 heavy (non-hydrogen) atoms. The highest BCUT2D eigenvalue weighted by Gasteiger charge is 2.16. The zero-order valence-corrected chi connectivity index (χ0v) is 10.4. The highest BCUT2D eigenvalue weighted by atomic mass is 35.5. The summed E-state index contributed by atoms with van der Waals surface area (Å²) in [6, 6.07) is 8.76. The standard InChI is InChI=1S/C11H6Cl2N2O3/c12-7-4-5-8(15(16)17)9(6-7)18-11-3-1-2-10(13)14-11/h1-6H. The summed E-state index contributed by atoms with van der Waals surface area (Å²) in [5, 5.41) is 11.4. The van der Waals surface area contributed by atoms with E-state index in [1.165, 1.54) is 24.3 Å². The van der Waals surface area contributed by atoms with Gasteiger partial charge in [0, 0.05) is 23.2 Å². The van der Waals surface area contributed by atoms with Crippen LogP contribution < -0.4 is 4.74 Å². The van der Waals surface area contributed by atoms with Crippen molar-refractivity contribution in [2.75, 3.05) is 0 Å². The zero-order chi connectivity index (χ0) is 13.1. The number of ether oxygens (including phenoxy) is 1. The zero-order valence-electron chi connectivity index (χ0n) is 8.84. The van der Waals surface area contributed by atoms with Gasteiger partial charge >= 0.3 is 5.69 Å². The van der Waals surface area contributed by atoms with E-state index >= 15 is 0 Å². The predicted octanol–water partition coefficient (Wildman–Crippen LogP) is 4.09. The van der Waals surface area contributed by atoms with Crippen LogP contribution in [0.5, 0.6) is 11.6 Å². The van der Waals surface area contributed by atoms with Crippen LogP contribution in [0.4, 0.5) is 5.69 Å². The van der Waals surface area contributed by atoms with Gasteiger partial charge < -0.3 is 4.74 Å². The first-order valence-corrected chi connectivity index (χ1v) is 5.56. The van der Waals surface area contributed by atoms with E-state index in [0.29, 0.717) is 5.02 Å². The lowest BCUT2D eigenvalue weighted by atomic mass is 10.3. The summed E-state index contributed by atoms with van der Waals surface area (Å²) >= 11 is 11.5. The van der Waals surface area contributed by atoms with Gasteiger partial charge in [0.1, 0.15) is 5.15 Å². The van der Waals surface area contributed by atoms with Gasteiger partial charge in [-0.1, -0.05) is 29.3 Å². The molecule has 0 saturated heterocycles. The van der Waals surface area contributed by atoms with Gasteiger partial charge in [0.25, 0.3) is 0 Å². The fraction of sp³-hybridized carbons (Fsp3) is 0. The number of aromatic nitrogens is 1. The summed E-state index contributed by atoms with van der Waals surface area (Å²) in [6.07, 6.45) is 0. The third-order valence-electron chi connectivity index (χ3n) is 2.02. The first-order valence-electron chi connectivity index (χ1n) is 4.80. The molecule has 0 amide bonds. The number of hydrogen-bond acceptors (Lipinski definition) is 4. The van der Waals surface area contributed by atoms with Crippen molar-refractivity contribution in [2.45, 2.75) is 0 Å². The quantitative estimate of drug-likeness (QED) is 0.484. The highest BCUT2D eigenvalue weighted by molar-refractivity contribution is 6.30. The van der Waals surface area contributed by atoms with Crippen LogP contribution in [-0.2, 0) is 0 Å². The largest absolute Gasteiger partial charge is 0.432 e. The summed E-state index contributed by atoms with van der Waals surface area (Å²) in [6.45, 7) is 0. The second-order valence-electron chi connectivity index (χ2n) is 3.27. The van der Waals surface area contributed by atoms with Gasteiger partial charge in [0.15, 0.2) is 0 Å². The molecule has 0 bridgehead atoms. The molecule has 1 heterocycles. The maximum atomic E-state index is 10.8. The average molecular weight is 285 g/mol. The van der Waals surface area contributed by atoms with Gasteiger partial charge in [-0.15, -0.1) is 0 Å². The highest BCUT2D eigenvalue weighted by Crippen LogP contribution is 2.33. The number of nitro benzene ring substituents is 1. The lowest BCUT2D eigenvalue weighted by molar-refractivity contribution is -0.385. The van der Waals surface area contributed by atoms with Crippen molar-refractivity contribution in [3.8, 4) is 11.6 Å². The van der Waals surface area contributed by atoms with Gasteiger partial charge in [-0.2, -0.15) is 0 Å². The third kappa shape index (κ3) is 2.88. The van der Waals surface area contributed by atoms with E-state index in [9.17, 15) is 10.1 Å². The second-order valence-corrected chi connectivity index (χ2v) is 4.09. The molecule has 0 aliphatic rings. The topological polar surface area (TPSA) is 65.3 Å². The van der Waals surface area contributed by atoms with E-state index in [4.69, 9.17) is 27.9 Å². The Morgan fingerprint density at radius 1 is 1.22 bits per heavy atom. The lowest BCUT2D eigenvalue weighted by Crippen LogP contribution is -1.94. The van der Waals surface area contributed by atoms with E-state index in [2.05, 4.69) is 4.98 Å². The number of nitro groups is 1. The van der Waals surface area contributed by atoms with E-state index in [-0.39, 0.29) is 22.5 Å². The minimum Gasteiger partial charge on any atom is -0.432 e. The molecule has 7 heteroatoms. The molecular formula is C11H6Cl2N2O3. The van der Waals surface area contributed by atoms with Crippen molar-refractivity contribution in [1.29, 1.82) is 0 Å². The molecule has 1 aromatic carbocycles. The van der Waals surface area contributed by atoms with E-state index in [0.717, 1.165) is 0 Å². The molecule has 92 valence electrons. The molecule has 0 aliphatic carbocycles. The van der Waals surface area contributed by atoms with Crippen LogP contribution >= 0.6 is 23.2 Å². The molecule has 2 aromatic rings. The van der Waals surface area contributed by atoms with Crippen LogP contribution in [0.15, 0.2) is 36.4 Å². The normalized spacial score (nSPS) is 10.1. The lowest BCUT2D eigenvalue weighted by Gasteiger charge is -2.05. The van der Waals surface area contributed by atoms with Crippen LogP contribution in [-0.4, -0.2) is 9.91 Å². The van der Waals surface area contributed by atoms with Gasteiger partial charge in [-0.3, -0.25) is 10.1 Å². The summed E-state index contributed by atoms with van der Waals surface area (Å²) < 4.78 is 5.31. The molecule has 1 aromatic heterocycles. The van der Waals surface area contributed by atoms with Gasteiger partial charge in [-0.05, 0) is 12.1 Å². The Labute approximate surface area is 112 Å². The molecule has 0 fully saturated rings. The minimum atomic E-state index is -0.559. The molecule has 0 atom stereocenters. The Hall–Kier alpha value is -1.85. The Morgan fingerprint density at radius 2 is 2.00 bits per heavy atom. The van der Waals surface area contributed by atoms with Crippen LogP contribution in [0.25, 0.3) is 0 Å². The van der Waals surface area contributed by atoms with Crippen LogP contribution in [0, 0.1) is 10.1 Å². The minimum absolute atomic E-state index is 0.0160. The number of halogens is 2. The molecule has 0 unspecified atom stereocenters. The molecule has 0 aliphatic heterocycles. The molecule has 0 radical (unpaired) electrons. The van der Waals surface area contributed by atoms with Gasteiger partial charge in [0.2, 0.25) is 11.6 Å². The SMILES string of the molecule is O=[N+]([O-])c1ccc(Cl)cc1Oc1cccc(Cl)n1. The molecular weight excluding hydrogens is 279 g/mol. The smallest absolute Gasteiger partial charge is 0.311 e. The maximum absolute atomic E-state index is 10.8. The van der Waals surface area contributed by atoms with Crippen LogP contribution in [0.1, 0.15) is 0 Å². The number of nitrogens with zero attached hydrogens (tertiary/aromatic N) is 2. The Bertz CT molecular complexity index is 605. The van der Waals surface area contributed by atoms with E-state index < -0.39 is 4.92 Å². The van der Waals surface area contributed by atoms with E-state index in [1.807, 2.05) is 0 Å². The Morgan fingerprint density at radius 3 is 2.67 bits per heavy atom. The fourth-order valence-electron chi connectivity index (χ4n) is 1.28. The first-order chi connectivity index (χ1) is 8.56. The maximum Gasteiger partial charge on any atom is 0.311 e. The van der Waals surface area contributed by atoms with Crippen LogP contribution in [0.3, 0.4) is 0 Å². The third-order valence-corrected chi connectivity index (χ3v) is 2.47. The van der Waals surface area contributed by atoms with Gasteiger partial charge in [-0.25, -0.2) is 4.98 Å². The van der Waals surface area contributed by atoms with Crippen molar-refractivity contribution in [3.63, 3.8) is 0 Å². The van der Waals surface area contributed by atoms with Crippen molar-refractivity contribution < 1.29 is 9.66 Å². The van der Waals surface area contributed by atoms with Gasteiger partial charge in [0.05, 0.1) is 4.92 Å². The number of benzene rings is 1. The fourth-order valence-corrected chi connectivity index (χ4v) is 1.60. The van der Waals surface area contributed by atoms with E-state index in [1.54, 1.807) is 12.1 Å². The molecule has 0 N–H and O–H groups in total. The second kappa shape index (κ2) is 5.20. The molecule has 5 nitrogen and oxygen atoms in total. The monoisotopic (exact) mass is 284 g/mol. The summed E-state index contributed by atoms with van der Waals surface area (Å²) in [5.74, 6) is 0.176. The molecule has 0 spiro atoms. The van der Waals surface area contributed by atoms with Crippen molar-refractivity contribution in [2.24, 2.45) is 0 Å². The summed E-state index contributed by atoms with van der Waals surface area (Å²) in [5.41, 5.74) is -0.193. The predicted molar refractivity (Wildman–Crippen MR) is 67.4 cm³/mol. The molecule has 2 rings (SSSR count). The van der Waals surface area contributed by atoms with Crippen LogP contribution in [0.2, 0.25) is 10.2 Å². The first kappa shape index (κ1) is 12.6. The Kier molecular flexibility index (Phi) is 3.64. The van der Waals surface area contributed by atoms with Crippen molar-refractivity contribution in [1.82, 2.24) is 4.98 Å². The van der Waals surface area contributed by atoms with Crippen molar-refractivity contribution >= 4 is 28.9 Å². The summed E-state index contributed by atoms with van der Waals surface area (Å²) in [4.78, 5) is 14.1.